The number of nitrogens with two attached hydrogens (primary N) is 1. The van der Waals surface area contributed by atoms with E-state index >= 15 is 0 Å². The highest BCUT2D eigenvalue weighted by Gasteiger charge is 2.02. The molecular weight excluding hydrogens is 198 g/mol. The first-order valence-corrected chi connectivity index (χ1v) is 4.70. The monoisotopic (exact) mass is 211 g/mol. The summed E-state index contributed by atoms with van der Waals surface area (Å²) in [7, 11) is 0. The summed E-state index contributed by atoms with van der Waals surface area (Å²) in [6.07, 6.45) is 0. The van der Waals surface area contributed by atoms with Crippen LogP contribution >= 0.6 is 12.2 Å². The zero-order valence-electron chi connectivity index (χ0n) is 7.99. The van der Waals surface area contributed by atoms with Gasteiger partial charge in [-0.3, -0.25) is 0 Å². The van der Waals surface area contributed by atoms with Crippen LogP contribution in [0.4, 0.5) is 0 Å². The summed E-state index contributed by atoms with van der Waals surface area (Å²) in [5.41, 5.74) is 7.35. The van der Waals surface area contributed by atoms with Gasteiger partial charge in [0.15, 0.2) is 0 Å². The molecule has 0 saturated carbocycles. The molecule has 1 aromatic rings. The summed E-state index contributed by atoms with van der Waals surface area (Å²) >= 11 is 4.88. The minimum Gasteiger partial charge on any atom is -0.491 e. The van der Waals surface area contributed by atoms with Crippen molar-refractivity contribution in [2.45, 2.75) is 6.92 Å². The molecule has 0 heterocycles. The van der Waals surface area contributed by atoms with E-state index in [1.165, 1.54) is 0 Å². The first-order valence-electron chi connectivity index (χ1n) is 4.29. The van der Waals surface area contributed by atoms with Crippen molar-refractivity contribution >= 4 is 17.2 Å². The van der Waals surface area contributed by atoms with E-state index < -0.39 is 0 Å². The second kappa shape index (κ2) is 4.93. The molecule has 0 fully saturated rings. The summed E-state index contributed by atoms with van der Waals surface area (Å²) in [6, 6.07) is 5.46. The molecule has 3 N–H and O–H groups in total. The molecule has 0 saturated heterocycles. The van der Waals surface area contributed by atoms with Crippen LogP contribution in [0.5, 0.6) is 5.75 Å². The van der Waals surface area contributed by atoms with Crippen LogP contribution in [0, 0.1) is 6.92 Å². The van der Waals surface area contributed by atoms with Crippen molar-refractivity contribution in [2.75, 3.05) is 13.2 Å². The number of ether oxygens (including phenoxy) is 1. The number of hydrogen-bond acceptors (Lipinski definition) is 3. The third-order valence-corrected chi connectivity index (χ3v) is 2.04. The van der Waals surface area contributed by atoms with Crippen LogP contribution in [-0.2, 0) is 0 Å². The minimum absolute atomic E-state index is 0.0100. The molecule has 1 rings (SSSR count). The fourth-order valence-electron chi connectivity index (χ4n) is 1.17. The lowest BCUT2D eigenvalue weighted by molar-refractivity contribution is 0.201. The highest BCUT2D eigenvalue weighted by atomic mass is 32.1. The van der Waals surface area contributed by atoms with Gasteiger partial charge in [-0.2, -0.15) is 0 Å². The molecule has 14 heavy (non-hydrogen) atoms. The van der Waals surface area contributed by atoms with Crippen LogP contribution in [0.1, 0.15) is 11.1 Å². The van der Waals surface area contributed by atoms with Gasteiger partial charge < -0.3 is 15.6 Å². The second-order valence-corrected chi connectivity index (χ2v) is 3.35. The standard InChI is InChI=1S/C10H13NO2S/c1-7-6-8(13-5-4-12)2-3-9(7)10(11)14/h2-3,6,12H,4-5H2,1H3,(H2,11,14). The van der Waals surface area contributed by atoms with E-state index in [4.69, 9.17) is 27.8 Å². The predicted molar refractivity (Wildman–Crippen MR) is 59.6 cm³/mol. The average Bonchev–Trinajstić information content (AvgIpc) is 2.14. The first kappa shape index (κ1) is 10.9. The normalized spacial score (nSPS) is 9.86. The Hall–Kier alpha value is -1.13. The number of rotatable bonds is 4. The molecule has 0 bridgehead atoms. The van der Waals surface area contributed by atoms with E-state index in [9.17, 15) is 0 Å². The molecular formula is C10H13NO2S. The Morgan fingerprint density at radius 1 is 1.57 bits per heavy atom. The Labute approximate surface area is 88.5 Å². The number of aryl methyl sites for hydroxylation is 1. The van der Waals surface area contributed by atoms with Gasteiger partial charge in [0.2, 0.25) is 0 Å². The fraction of sp³-hybridized carbons (Fsp3) is 0.300. The molecule has 0 spiro atoms. The van der Waals surface area contributed by atoms with Gasteiger partial charge >= 0.3 is 0 Å². The highest BCUT2D eigenvalue weighted by molar-refractivity contribution is 7.80. The van der Waals surface area contributed by atoms with Crippen LogP contribution in [0.25, 0.3) is 0 Å². The van der Waals surface area contributed by atoms with Crippen molar-refractivity contribution in [1.82, 2.24) is 0 Å². The Morgan fingerprint density at radius 3 is 2.79 bits per heavy atom. The molecule has 0 radical (unpaired) electrons. The molecule has 0 aliphatic rings. The largest absolute Gasteiger partial charge is 0.491 e. The van der Waals surface area contributed by atoms with Gasteiger partial charge in [0.1, 0.15) is 17.3 Å². The molecule has 0 atom stereocenters. The van der Waals surface area contributed by atoms with E-state index in [1.807, 2.05) is 19.1 Å². The van der Waals surface area contributed by atoms with E-state index in [1.54, 1.807) is 6.07 Å². The quantitative estimate of drug-likeness (QED) is 0.730. The molecule has 0 aromatic heterocycles. The van der Waals surface area contributed by atoms with Crippen molar-refractivity contribution in [3.8, 4) is 5.75 Å². The van der Waals surface area contributed by atoms with Gasteiger partial charge in [0.25, 0.3) is 0 Å². The maximum Gasteiger partial charge on any atom is 0.119 e. The van der Waals surface area contributed by atoms with Gasteiger partial charge in [0, 0.05) is 5.56 Å². The summed E-state index contributed by atoms with van der Waals surface area (Å²) in [6.45, 7) is 2.22. The molecule has 76 valence electrons. The number of hydrogen-bond donors (Lipinski definition) is 2. The predicted octanol–water partition coefficient (Wildman–Crippen LogP) is 1.00. The van der Waals surface area contributed by atoms with Crippen molar-refractivity contribution < 1.29 is 9.84 Å². The maximum atomic E-state index is 8.57. The molecule has 4 heteroatoms. The van der Waals surface area contributed by atoms with Crippen LogP contribution in [0.2, 0.25) is 0 Å². The third-order valence-electron chi connectivity index (χ3n) is 1.82. The van der Waals surface area contributed by atoms with Gasteiger partial charge in [-0.05, 0) is 30.7 Å². The van der Waals surface area contributed by atoms with Gasteiger partial charge in [-0.1, -0.05) is 12.2 Å². The van der Waals surface area contributed by atoms with Gasteiger partial charge in [-0.25, -0.2) is 0 Å². The topological polar surface area (TPSA) is 55.5 Å². The zero-order valence-corrected chi connectivity index (χ0v) is 8.80. The van der Waals surface area contributed by atoms with Gasteiger partial charge in [0.05, 0.1) is 6.61 Å². The Bertz CT molecular complexity index is 339. The smallest absolute Gasteiger partial charge is 0.119 e. The van der Waals surface area contributed by atoms with E-state index in [0.29, 0.717) is 11.6 Å². The number of aliphatic hydroxyl groups is 1. The summed E-state index contributed by atoms with van der Waals surface area (Å²) in [5.74, 6) is 0.719. The Kier molecular flexibility index (Phi) is 3.85. The lowest BCUT2D eigenvalue weighted by atomic mass is 10.1. The minimum atomic E-state index is 0.0100. The number of aliphatic hydroxyl groups excluding tert-OH is 1. The maximum absolute atomic E-state index is 8.57. The lowest BCUT2D eigenvalue weighted by Crippen LogP contribution is -2.11. The molecule has 0 aliphatic carbocycles. The summed E-state index contributed by atoms with van der Waals surface area (Å²) in [4.78, 5) is 0.385. The van der Waals surface area contributed by atoms with Crippen molar-refractivity contribution in [3.63, 3.8) is 0 Å². The van der Waals surface area contributed by atoms with Crippen LogP contribution in [0.3, 0.4) is 0 Å². The number of thiocarbonyl (C=S) groups is 1. The molecule has 0 amide bonds. The van der Waals surface area contributed by atoms with E-state index in [0.717, 1.165) is 16.9 Å². The second-order valence-electron chi connectivity index (χ2n) is 2.91. The third kappa shape index (κ3) is 2.68. The SMILES string of the molecule is Cc1cc(OCCO)ccc1C(N)=S. The van der Waals surface area contributed by atoms with Crippen molar-refractivity contribution in [1.29, 1.82) is 0 Å². The first-order chi connectivity index (χ1) is 6.65. The van der Waals surface area contributed by atoms with Crippen LogP contribution in [-0.4, -0.2) is 23.3 Å². The van der Waals surface area contributed by atoms with Crippen LogP contribution < -0.4 is 10.5 Å². The summed E-state index contributed by atoms with van der Waals surface area (Å²) < 4.78 is 5.24. The molecule has 0 unspecified atom stereocenters. The Balaban J connectivity index is 2.83. The van der Waals surface area contributed by atoms with Crippen molar-refractivity contribution in [3.05, 3.63) is 29.3 Å². The fourth-order valence-corrected chi connectivity index (χ4v) is 1.39. The molecule has 3 nitrogen and oxygen atoms in total. The Morgan fingerprint density at radius 2 is 2.29 bits per heavy atom. The van der Waals surface area contributed by atoms with E-state index in [-0.39, 0.29) is 6.61 Å². The average molecular weight is 211 g/mol. The molecule has 0 aliphatic heterocycles. The lowest BCUT2D eigenvalue weighted by Gasteiger charge is -2.08. The van der Waals surface area contributed by atoms with Gasteiger partial charge in [-0.15, -0.1) is 0 Å². The highest BCUT2D eigenvalue weighted by Crippen LogP contribution is 2.16. The zero-order chi connectivity index (χ0) is 10.6. The number of benzene rings is 1. The summed E-state index contributed by atoms with van der Waals surface area (Å²) in [5, 5.41) is 8.57. The van der Waals surface area contributed by atoms with Crippen LogP contribution in [0.15, 0.2) is 18.2 Å². The van der Waals surface area contributed by atoms with E-state index in [2.05, 4.69) is 0 Å². The van der Waals surface area contributed by atoms with Crippen molar-refractivity contribution in [2.24, 2.45) is 5.73 Å². The molecule has 1 aromatic carbocycles.